The third-order valence-corrected chi connectivity index (χ3v) is 11.4. The molecule has 11 rings (SSSR count). The van der Waals surface area contributed by atoms with E-state index in [4.69, 9.17) is 32.8 Å². The summed E-state index contributed by atoms with van der Waals surface area (Å²) in [6, 6.07) is 27.9. The van der Waals surface area contributed by atoms with E-state index < -0.39 is 0 Å². The number of aromatic nitrogens is 9. The van der Waals surface area contributed by atoms with Crippen molar-refractivity contribution in [3.05, 3.63) is 121 Å². The lowest BCUT2D eigenvalue weighted by molar-refractivity contribution is 0.121. The summed E-state index contributed by atoms with van der Waals surface area (Å²) < 4.78 is 39.9. The van der Waals surface area contributed by atoms with E-state index in [1.807, 2.05) is 66.7 Å². The predicted octanol–water partition coefficient (Wildman–Crippen LogP) is 7.61. The maximum Gasteiger partial charge on any atom is 0.323 e. The van der Waals surface area contributed by atoms with Gasteiger partial charge in [-0.05, 0) is 74.0 Å². The highest BCUT2D eigenvalue weighted by molar-refractivity contribution is 6.05. The van der Waals surface area contributed by atoms with Crippen LogP contribution in [0.15, 0.2) is 114 Å². The van der Waals surface area contributed by atoms with Crippen LogP contribution in [0.4, 0.5) is 35.2 Å². The number of morpholine rings is 2. The molecule has 2 fully saturated rings. The Morgan fingerprint density at radius 1 is 0.543 bits per heavy atom. The van der Waals surface area contributed by atoms with Gasteiger partial charge in [0.1, 0.15) is 49.1 Å². The summed E-state index contributed by atoms with van der Waals surface area (Å²) in [5, 5.41) is 9.91. The minimum absolute atomic E-state index is 0.216. The van der Waals surface area contributed by atoms with E-state index in [0.29, 0.717) is 101 Å². The summed E-state index contributed by atoms with van der Waals surface area (Å²) in [5.41, 5.74) is 6.78. The fourth-order valence-corrected chi connectivity index (χ4v) is 7.80. The Hall–Kier alpha value is -8.36. The van der Waals surface area contributed by atoms with E-state index in [2.05, 4.69) is 97.3 Å². The smallest absolute Gasteiger partial charge is 0.323 e. The van der Waals surface area contributed by atoms with Crippen molar-refractivity contribution in [3.8, 4) is 23.5 Å². The number of H-pyrrole nitrogens is 1. The fourth-order valence-electron chi connectivity index (χ4n) is 7.80. The molecule has 2 aliphatic heterocycles. The number of anilines is 6. The standard InChI is InChI=1S/C26H24N6O4.C24H27N7O3/c1-2-6-22-20(5-1)21-8-7-18(16-23(21)36-22)28-24-29-25(32-10-12-33-13-11-32)31-26(30-24)35-15-14-34-19-4-3-9-27-17-19;1-16-17(2)26-21-14-18(5-6-20(16)21)27-22-28-23(31-8-10-32-11-9-31)30-24(29-22)34-13-12-33-19-4-3-7-25-15-19/h1-9,16-17H,10-15H2,(H,28,29,30,31);3-7,14-15,26H,8-13H2,1-2H3,(H,27,28,29,30). The number of hydrogen-bond donors (Lipinski definition) is 3. The maximum atomic E-state index is 6.02. The highest BCUT2D eigenvalue weighted by atomic mass is 16.5. The second kappa shape index (κ2) is 21.7. The van der Waals surface area contributed by atoms with Crippen LogP contribution in [-0.4, -0.2) is 124 Å². The van der Waals surface area contributed by atoms with Gasteiger partial charge in [0.15, 0.2) is 0 Å². The molecule has 2 aliphatic rings. The van der Waals surface area contributed by atoms with Crippen LogP contribution in [0.3, 0.4) is 0 Å². The number of hydrogen-bond acceptors (Lipinski definition) is 19. The largest absolute Gasteiger partial charge is 0.488 e. The number of aromatic amines is 1. The van der Waals surface area contributed by atoms with E-state index in [1.54, 1.807) is 24.8 Å². The number of furan rings is 1. The molecule has 8 heterocycles. The average molecular weight is 946 g/mol. The predicted molar refractivity (Wildman–Crippen MR) is 264 cm³/mol. The van der Waals surface area contributed by atoms with E-state index in [0.717, 1.165) is 44.5 Å². The summed E-state index contributed by atoms with van der Waals surface area (Å²) >= 11 is 0. The molecule has 3 N–H and O–H groups in total. The van der Waals surface area contributed by atoms with Crippen LogP contribution in [0.25, 0.3) is 32.8 Å². The first-order chi connectivity index (χ1) is 34.5. The SMILES string of the molecule is Cc1[nH]c2cc(Nc3nc(OCCOc4cccnc4)nc(N4CCOCC4)n3)ccc2c1C.c1cncc(OCCOc2nc(Nc3ccc4c(c3)oc3ccccc34)nc(N3CCOCC3)n2)c1. The molecule has 9 aromatic rings. The molecule has 0 amide bonds. The molecule has 0 aliphatic carbocycles. The van der Waals surface area contributed by atoms with Gasteiger partial charge >= 0.3 is 12.0 Å². The van der Waals surface area contributed by atoms with Crippen LogP contribution < -0.4 is 39.4 Å². The van der Waals surface area contributed by atoms with Crippen LogP contribution in [0.1, 0.15) is 11.3 Å². The van der Waals surface area contributed by atoms with Crippen molar-refractivity contribution < 1.29 is 32.8 Å². The third kappa shape index (κ3) is 11.3. The van der Waals surface area contributed by atoms with Crippen LogP contribution in [-0.2, 0) is 9.47 Å². The van der Waals surface area contributed by atoms with E-state index in [-0.39, 0.29) is 25.2 Å². The third-order valence-electron chi connectivity index (χ3n) is 11.4. The Balaban J connectivity index is 0.000000162. The van der Waals surface area contributed by atoms with Crippen LogP contribution in [0.5, 0.6) is 23.5 Å². The zero-order valence-electron chi connectivity index (χ0n) is 38.7. The number of pyridine rings is 2. The lowest BCUT2D eigenvalue weighted by Crippen LogP contribution is -2.37. The Kier molecular flexibility index (Phi) is 14.1. The van der Waals surface area contributed by atoms with Crippen molar-refractivity contribution in [2.75, 3.05) is 99.5 Å². The van der Waals surface area contributed by atoms with E-state index in [9.17, 15) is 0 Å². The topological polar surface area (TPSA) is 218 Å². The Morgan fingerprint density at radius 3 is 1.64 bits per heavy atom. The first-order valence-electron chi connectivity index (χ1n) is 23.0. The molecule has 20 nitrogen and oxygen atoms in total. The zero-order chi connectivity index (χ0) is 47.5. The molecule has 70 heavy (non-hydrogen) atoms. The van der Waals surface area contributed by atoms with Crippen molar-refractivity contribution in [2.24, 2.45) is 0 Å². The summed E-state index contributed by atoms with van der Waals surface area (Å²) in [5.74, 6) is 3.24. The average Bonchev–Trinajstić information content (AvgIpc) is 3.92. The second-order valence-electron chi connectivity index (χ2n) is 16.1. The molecule has 20 heteroatoms. The van der Waals surface area contributed by atoms with Gasteiger partial charge in [-0.1, -0.05) is 24.3 Å². The fraction of sp³-hybridized carbons (Fsp3) is 0.280. The number of ether oxygens (including phenoxy) is 6. The molecule has 3 aromatic carbocycles. The number of nitrogens with one attached hydrogen (secondary N) is 3. The highest BCUT2D eigenvalue weighted by Gasteiger charge is 2.20. The Labute approximate surface area is 402 Å². The van der Waals surface area contributed by atoms with Gasteiger partial charge in [0.2, 0.25) is 23.8 Å². The summed E-state index contributed by atoms with van der Waals surface area (Å²) in [4.78, 5) is 42.9. The van der Waals surface area contributed by atoms with Gasteiger partial charge in [0, 0.05) is 83.4 Å². The summed E-state index contributed by atoms with van der Waals surface area (Å²) in [6.45, 7) is 10.7. The molecule has 0 atom stereocenters. The molecule has 0 unspecified atom stereocenters. The molecule has 0 spiro atoms. The van der Waals surface area contributed by atoms with Crippen molar-refractivity contribution in [1.29, 1.82) is 0 Å². The summed E-state index contributed by atoms with van der Waals surface area (Å²) in [7, 11) is 0. The van der Waals surface area contributed by atoms with Crippen molar-refractivity contribution in [1.82, 2.24) is 44.9 Å². The van der Waals surface area contributed by atoms with Gasteiger partial charge in [-0.2, -0.15) is 29.9 Å². The van der Waals surface area contributed by atoms with Crippen molar-refractivity contribution >= 4 is 68.0 Å². The Morgan fingerprint density at radius 2 is 1.07 bits per heavy atom. The van der Waals surface area contributed by atoms with Gasteiger partial charge < -0.3 is 58.3 Å². The van der Waals surface area contributed by atoms with E-state index in [1.165, 1.54) is 10.9 Å². The van der Waals surface area contributed by atoms with Gasteiger partial charge in [0.05, 0.1) is 38.8 Å². The first-order valence-corrected chi connectivity index (χ1v) is 23.0. The first kappa shape index (κ1) is 45.4. The molecule has 6 aromatic heterocycles. The number of aryl methyl sites for hydroxylation is 2. The minimum atomic E-state index is 0.216. The Bertz CT molecular complexity index is 3150. The zero-order valence-corrected chi connectivity index (χ0v) is 38.7. The quantitative estimate of drug-likeness (QED) is 0.0794. The molecule has 0 bridgehead atoms. The monoisotopic (exact) mass is 945 g/mol. The number of para-hydroxylation sites is 1. The van der Waals surface area contributed by atoms with Gasteiger partial charge in [-0.15, -0.1) is 0 Å². The molecule has 2 saturated heterocycles. The lowest BCUT2D eigenvalue weighted by Gasteiger charge is -2.27. The molecule has 358 valence electrons. The molecular weight excluding hydrogens is 895 g/mol. The number of fused-ring (bicyclic) bond motifs is 4. The second-order valence-corrected chi connectivity index (χ2v) is 16.1. The number of rotatable bonds is 16. The molecule has 0 radical (unpaired) electrons. The highest BCUT2D eigenvalue weighted by Crippen LogP contribution is 2.32. The van der Waals surface area contributed by atoms with Gasteiger partial charge in [-0.25, -0.2) is 0 Å². The summed E-state index contributed by atoms with van der Waals surface area (Å²) in [6.07, 6.45) is 6.71. The molecule has 0 saturated carbocycles. The van der Waals surface area contributed by atoms with Gasteiger partial charge in [-0.3, -0.25) is 9.97 Å². The number of nitrogens with zero attached hydrogens (tertiary/aromatic N) is 10. The van der Waals surface area contributed by atoms with Crippen LogP contribution >= 0.6 is 0 Å². The molecular formula is C50H51N13O7. The van der Waals surface area contributed by atoms with Crippen molar-refractivity contribution in [2.45, 2.75) is 13.8 Å². The number of benzene rings is 3. The normalized spacial score (nSPS) is 13.7. The van der Waals surface area contributed by atoms with Crippen LogP contribution in [0.2, 0.25) is 0 Å². The maximum absolute atomic E-state index is 6.02. The van der Waals surface area contributed by atoms with Crippen molar-refractivity contribution in [3.63, 3.8) is 0 Å². The van der Waals surface area contributed by atoms with E-state index >= 15 is 0 Å². The van der Waals surface area contributed by atoms with Crippen LogP contribution in [0, 0.1) is 13.8 Å². The minimum Gasteiger partial charge on any atom is -0.488 e. The van der Waals surface area contributed by atoms with Gasteiger partial charge in [0.25, 0.3) is 0 Å². The lowest BCUT2D eigenvalue weighted by atomic mass is 10.1.